The molecule has 1 aliphatic rings. The molecule has 1 saturated carbocycles. The average molecular weight is 276 g/mol. The Morgan fingerprint density at radius 2 is 2.11 bits per heavy atom. The fourth-order valence-electron chi connectivity index (χ4n) is 2.76. The Labute approximate surface area is 118 Å². The summed E-state index contributed by atoms with van der Waals surface area (Å²) in [4.78, 5) is 0. The van der Waals surface area contributed by atoms with Crippen LogP contribution in [0.25, 0.3) is 0 Å². The molecule has 1 aliphatic carbocycles. The molecule has 0 spiro atoms. The first-order chi connectivity index (χ1) is 9.22. The molecule has 0 radical (unpaired) electrons. The van der Waals surface area contributed by atoms with Crippen LogP contribution in [-0.2, 0) is 0 Å². The van der Waals surface area contributed by atoms with Crippen molar-refractivity contribution in [1.29, 1.82) is 0 Å². The summed E-state index contributed by atoms with van der Waals surface area (Å²) in [5.41, 5.74) is 1.36. The monoisotopic (exact) mass is 275 g/mol. The second-order valence-electron chi connectivity index (χ2n) is 5.32. The van der Waals surface area contributed by atoms with Crippen LogP contribution in [0.1, 0.15) is 43.0 Å². The number of nitrogens with one attached hydrogen (secondary N) is 1. The lowest BCUT2D eigenvalue weighted by Gasteiger charge is -2.38. The molecule has 19 heavy (non-hydrogen) atoms. The molecule has 0 amide bonds. The van der Waals surface area contributed by atoms with Crippen molar-refractivity contribution in [3.8, 4) is 0 Å². The molecular formula is C16H18ClNO. The van der Waals surface area contributed by atoms with Gasteiger partial charge < -0.3 is 9.73 Å². The Bertz CT molecular complexity index is 531. The van der Waals surface area contributed by atoms with Gasteiger partial charge in [-0.25, -0.2) is 0 Å². The number of halogens is 1. The molecule has 0 bridgehead atoms. The van der Waals surface area contributed by atoms with Crippen LogP contribution in [-0.4, -0.2) is 6.04 Å². The predicted molar refractivity (Wildman–Crippen MR) is 77.5 cm³/mol. The highest BCUT2D eigenvalue weighted by Crippen LogP contribution is 2.38. The van der Waals surface area contributed by atoms with Crippen LogP contribution >= 0.6 is 11.6 Å². The molecule has 1 N–H and O–H groups in total. The molecule has 2 nitrogen and oxygen atoms in total. The van der Waals surface area contributed by atoms with E-state index in [9.17, 15) is 0 Å². The van der Waals surface area contributed by atoms with Crippen molar-refractivity contribution in [1.82, 2.24) is 5.32 Å². The van der Waals surface area contributed by atoms with Gasteiger partial charge in [-0.15, -0.1) is 0 Å². The number of furan rings is 1. The molecule has 0 saturated heterocycles. The van der Waals surface area contributed by atoms with Crippen molar-refractivity contribution in [2.45, 2.75) is 37.8 Å². The van der Waals surface area contributed by atoms with E-state index >= 15 is 0 Å². The third kappa shape index (κ3) is 2.85. The highest BCUT2D eigenvalue weighted by atomic mass is 35.5. The lowest BCUT2D eigenvalue weighted by atomic mass is 9.75. The van der Waals surface area contributed by atoms with Crippen LogP contribution in [0.2, 0.25) is 5.02 Å². The van der Waals surface area contributed by atoms with Gasteiger partial charge >= 0.3 is 0 Å². The molecule has 3 rings (SSSR count). The van der Waals surface area contributed by atoms with E-state index in [1.165, 1.54) is 18.4 Å². The van der Waals surface area contributed by atoms with Gasteiger partial charge in [0.2, 0.25) is 0 Å². The van der Waals surface area contributed by atoms with Gasteiger partial charge in [-0.05, 0) is 55.5 Å². The van der Waals surface area contributed by atoms with Crippen LogP contribution in [0.5, 0.6) is 0 Å². The number of hydrogen-bond donors (Lipinski definition) is 1. The highest BCUT2D eigenvalue weighted by molar-refractivity contribution is 6.30. The Kier molecular flexibility index (Phi) is 3.63. The highest BCUT2D eigenvalue weighted by Gasteiger charge is 2.31. The molecule has 1 unspecified atom stereocenters. The number of rotatable bonds is 4. The van der Waals surface area contributed by atoms with Gasteiger partial charge in [0, 0.05) is 11.1 Å². The summed E-state index contributed by atoms with van der Waals surface area (Å²) in [5.74, 6) is 1.64. The fourth-order valence-corrected chi connectivity index (χ4v) is 2.96. The maximum Gasteiger partial charge on any atom is 0.120 e. The lowest BCUT2D eigenvalue weighted by molar-refractivity contribution is 0.258. The number of hydrogen-bond acceptors (Lipinski definition) is 2. The lowest BCUT2D eigenvalue weighted by Crippen LogP contribution is -2.41. The minimum absolute atomic E-state index is 0.278. The largest absolute Gasteiger partial charge is 0.468 e. The van der Waals surface area contributed by atoms with E-state index in [0.717, 1.165) is 10.8 Å². The molecular weight excluding hydrogens is 258 g/mol. The minimum Gasteiger partial charge on any atom is -0.468 e. The van der Waals surface area contributed by atoms with E-state index in [1.807, 2.05) is 24.3 Å². The fraction of sp³-hybridized carbons (Fsp3) is 0.375. The molecule has 1 fully saturated rings. The quantitative estimate of drug-likeness (QED) is 0.887. The van der Waals surface area contributed by atoms with Crippen molar-refractivity contribution in [2.24, 2.45) is 0 Å². The summed E-state index contributed by atoms with van der Waals surface area (Å²) in [7, 11) is 0. The maximum atomic E-state index is 6.03. The minimum atomic E-state index is 0.278. The SMILES string of the molecule is CC(NC1CC(c2cccc(Cl)c2)C1)c1ccco1. The Morgan fingerprint density at radius 1 is 1.26 bits per heavy atom. The summed E-state index contributed by atoms with van der Waals surface area (Å²) in [6, 6.07) is 13.0. The maximum absolute atomic E-state index is 6.03. The van der Waals surface area contributed by atoms with Crippen LogP contribution in [0, 0.1) is 0 Å². The summed E-state index contributed by atoms with van der Waals surface area (Å²) >= 11 is 6.03. The third-order valence-electron chi connectivity index (χ3n) is 3.91. The molecule has 2 aromatic rings. The molecule has 1 aromatic carbocycles. The van der Waals surface area contributed by atoms with Gasteiger partial charge in [-0.2, -0.15) is 0 Å². The molecule has 1 heterocycles. The Hall–Kier alpha value is -1.25. The van der Waals surface area contributed by atoms with Crippen LogP contribution in [0.3, 0.4) is 0 Å². The zero-order valence-electron chi connectivity index (χ0n) is 11.0. The van der Waals surface area contributed by atoms with Gasteiger partial charge in [0.15, 0.2) is 0 Å². The second-order valence-corrected chi connectivity index (χ2v) is 5.76. The van der Waals surface area contributed by atoms with Crippen LogP contribution in [0.4, 0.5) is 0 Å². The molecule has 0 aliphatic heterocycles. The predicted octanol–water partition coefficient (Wildman–Crippen LogP) is 4.53. The van der Waals surface area contributed by atoms with Crippen LogP contribution in [0.15, 0.2) is 47.1 Å². The van der Waals surface area contributed by atoms with Crippen molar-refractivity contribution in [3.63, 3.8) is 0 Å². The van der Waals surface area contributed by atoms with Crippen LogP contribution < -0.4 is 5.32 Å². The van der Waals surface area contributed by atoms with Crippen molar-refractivity contribution in [3.05, 3.63) is 59.0 Å². The van der Waals surface area contributed by atoms with Crippen molar-refractivity contribution < 1.29 is 4.42 Å². The van der Waals surface area contributed by atoms with Gasteiger partial charge in [-0.1, -0.05) is 23.7 Å². The Morgan fingerprint density at radius 3 is 2.79 bits per heavy atom. The number of benzene rings is 1. The standard InChI is InChI=1S/C16H18ClNO/c1-11(16-6-3-7-19-16)18-15-9-13(10-15)12-4-2-5-14(17)8-12/h2-8,11,13,15,18H,9-10H2,1H3. The third-order valence-corrected chi connectivity index (χ3v) is 4.15. The van der Waals surface area contributed by atoms with Gasteiger partial charge in [0.1, 0.15) is 5.76 Å². The smallest absolute Gasteiger partial charge is 0.120 e. The van der Waals surface area contributed by atoms with E-state index < -0.39 is 0 Å². The van der Waals surface area contributed by atoms with Gasteiger partial charge in [0.05, 0.1) is 12.3 Å². The van der Waals surface area contributed by atoms with E-state index in [0.29, 0.717) is 12.0 Å². The zero-order chi connectivity index (χ0) is 13.2. The van der Waals surface area contributed by atoms with Crippen molar-refractivity contribution >= 4 is 11.6 Å². The average Bonchev–Trinajstić information content (AvgIpc) is 2.86. The van der Waals surface area contributed by atoms with E-state index in [2.05, 4.69) is 24.4 Å². The molecule has 1 aromatic heterocycles. The van der Waals surface area contributed by atoms with E-state index in [-0.39, 0.29) is 6.04 Å². The summed E-state index contributed by atoms with van der Waals surface area (Å²) in [6.45, 7) is 2.14. The first-order valence-electron chi connectivity index (χ1n) is 6.77. The summed E-state index contributed by atoms with van der Waals surface area (Å²) in [5, 5.41) is 4.44. The molecule has 1 atom stereocenters. The van der Waals surface area contributed by atoms with Gasteiger partial charge in [0.25, 0.3) is 0 Å². The normalized spacial score (nSPS) is 23.9. The first-order valence-corrected chi connectivity index (χ1v) is 7.15. The summed E-state index contributed by atoms with van der Waals surface area (Å²) < 4.78 is 5.41. The Balaban J connectivity index is 1.53. The van der Waals surface area contributed by atoms with Crippen molar-refractivity contribution in [2.75, 3.05) is 0 Å². The van der Waals surface area contributed by atoms with E-state index in [4.69, 9.17) is 16.0 Å². The second kappa shape index (κ2) is 5.40. The molecule has 3 heteroatoms. The van der Waals surface area contributed by atoms with Gasteiger partial charge in [-0.3, -0.25) is 0 Å². The molecule has 100 valence electrons. The van der Waals surface area contributed by atoms with E-state index in [1.54, 1.807) is 6.26 Å². The summed E-state index contributed by atoms with van der Waals surface area (Å²) in [6.07, 6.45) is 4.07. The first kappa shape index (κ1) is 12.8. The zero-order valence-corrected chi connectivity index (χ0v) is 11.7. The topological polar surface area (TPSA) is 25.2 Å².